The van der Waals surface area contributed by atoms with Crippen molar-refractivity contribution in [2.24, 2.45) is 0 Å². The first kappa shape index (κ1) is 12.2. The van der Waals surface area contributed by atoms with E-state index in [-0.39, 0.29) is 5.75 Å². The number of thiophene rings is 1. The highest BCUT2D eigenvalue weighted by Gasteiger charge is 2.16. The second kappa shape index (κ2) is 4.75. The molecule has 21 heavy (non-hydrogen) atoms. The Morgan fingerprint density at radius 1 is 0.952 bits per heavy atom. The lowest BCUT2D eigenvalue weighted by Crippen LogP contribution is -1.97. The molecule has 0 unspecified atom stereocenters. The van der Waals surface area contributed by atoms with E-state index in [0.29, 0.717) is 0 Å². The van der Waals surface area contributed by atoms with Gasteiger partial charge in [0.1, 0.15) is 11.6 Å². The molecule has 0 bridgehead atoms. The molecule has 0 spiro atoms. The van der Waals surface area contributed by atoms with Crippen molar-refractivity contribution in [2.45, 2.75) is 0 Å². The second-order valence-electron chi connectivity index (χ2n) is 4.76. The van der Waals surface area contributed by atoms with Crippen molar-refractivity contribution in [1.82, 2.24) is 9.55 Å². The molecule has 2 aromatic carbocycles. The zero-order valence-electron chi connectivity index (χ0n) is 11.1. The standard InChI is InChI=1S/C17H12N2OS/c20-16-8-4-3-7-15(16)19-14-6-2-1-5-13(14)18-17(19)12-9-10-21-11-12/h1-11,20H. The molecule has 4 aromatic rings. The predicted molar refractivity (Wildman–Crippen MR) is 86.0 cm³/mol. The Morgan fingerprint density at radius 3 is 2.57 bits per heavy atom. The lowest BCUT2D eigenvalue weighted by atomic mass is 10.2. The van der Waals surface area contributed by atoms with E-state index in [1.165, 1.54) is 0 Å². The van der Waals surface area contributed by atoms with Gasteiger partial charge < -0.3 is 5.11 Å². The smallest absolute Gasteiger partial charge is 0.146 e. The van der Waals surface area contributed by atoms with Crippen LogP contribution in [0.3, 0.4) is 0 Å². The maximum atomic E-state index is 10.2. The fraction of sp³-hybridized carbons (Fsp3) is 0. The SMILES string of the molecule is Oc1ccccc1-n1c(-c2ccsc2)nc2ccccc21. The minimum Gasteiger partial charge on any atom is -0.506 e. The highest BCUT2D eigenvalue weighted by atomic mass is 32.1. The molecule has 3 nitrogen and oxygen atoms in total. The number of para-hydroxylation sites is 4. The molecule has 102 valence electrons. The monoisotopic (exact) mass is 292 g/mol. The number of benzene rings is 2. The van der Waals surface area contributed by atoms with E-state index >= 15 is 0 Å². The van der Waals surface area contributed by atoms with Crippen LogP contribution in [0.15, 0.2) is 65.4 Å². The summed E-state index contributed by atoms with van der Waals surface area (Å²) in [6, 6.07) is 17.3. The molecule has 4 heteroatoms. The van der Waals surface area contributed by atoms with Gasteiger partial charge in [0, 0.05) is 10.9 Å². The van der Waals surface area contributed by atoms with Crippen LogP contribution < -0.4 is 0 Å². The lowest BCUT2D eigenvalue weighted by molar-refractivity contribution is 0.473. The molecule has 1 N–H and O–H groups in total. The quantitative estimate of drug-likeness (QED) is 0.592. The number of phenols is 1. The maximum absolute atomic E-state index is 10.2. The highest BCUT2D eigenvalue weighted by Crippen LogP contribution is 2.32. The molecular formula is C17H12N2OS. The van der Waals surface area contributed by atoms with Gasteiger partial charge in [-0.2, -0.15) is 11.3 Å². The lowest BCUT2D eigenvalue weighted by Gasteiger charge is -2.10. The number of nitrogens with zero attached hydrogens (tertiary/aromatic N) is 2. The fourth-order valence-electron chi connectivity index (χ4n) is 2.51. The van der Waals surface area contributed by atoms with Gasteiger partial charge in [-0.15, -0.1) is 0 Å². The number of aromatic hydroxyl groups is 1. The van der Waals surface area contributed by atoms with Crippen LogP contribution in [0.2, 0.25) is 0 Å². The van der Waals surface area contributed by atoms with E-state index in [1.54, 1.807) is 17.4 Å². The summed E-state index contributed by atoms with van der Waals surface area (Å²) in [6.45, 7) is 0. The average molecular weight is 292 g/mol. The fourth-order valence-corrected chi connectivity index (χ4v) is 3.14. The van der Waals surface area contributed by atoms with Crippen LogP contribution in [0.25, 0.3) is 28.1 Å². The van der Waals surface area contributed by atoms with E-state index in [1.807, 2.05) is 58.5 Å². The van der Waals surface area contributed by atoms with Gasteiger partial charge in [-0.1, -0.05) is 24.3 Å². The molecule has 0 amide bonds. The molecule has 0 saturated carbocycles. The van der Waals surface area contributed by atoms with Crippen LogP contribution in [-0.2, 0) is 0 Å². The summed E-state index contributed by atoms with van der Waals surface area (Å²) >= 11 is 1.64. The van der Waals surface area contributed by atoms with Gasteiger partial charge in [-0.25, -0.2) is 4.98 Å². The van der Waals surface area contributed by atoms with Gasteiger partial charge in [0.2, 0.25) is 0 Å². The van der Waals surface area contributed by atoms with Crippen molar-refractivity contribution < 1.29 is 5.11 Å². The Bertz CT molecular complexity index is 910. The van der Waals surface area contributed by atoms with E-state index in [2.05, 4.69) is 5.38 Å². The summed E-state index contributed by atoms with van der Waals surface area (Å²) in [6.07, 6.45) is 0. The Kier molecular flexibility index (Phi) is 2.75. The highest BCUT2D eigenvalue weighted by molar-refractivity contribution is 7.08. The number of rotatable bonds is 2. The minimum absolute atomic E-state index is 0.247. The molecule has 4 rings (SSSR count). The molecule has 2 aromatic heterocycles. The third-order valence-corrected chi connectivity index (χ3v) is 4.15. The second-order valence-corrected chi connectivity index (χ2v) is 5.54. The van der Waals surface area contributed by atoms with Crippen molar-refractivity contribution in [2.75, 3.05) is 0 Å². The number of hydrogen-bond acceptors (Lipinski definition) is 3. The van der Waals surface area contributed by atoms with Crippen molar-refractivity contribution in [3.05, 3.63) is 65.4 Å². The van der Waals surface area contributed by atoms with E-state index < -0.39 is 0 Å². The molecule has 0 saturated heterocycles. The summed E-state index contributed by atoms with van der Waals surface area (Å²) in [7, 11) is 0. The summed E-state index contributed by atoms with van der Waals surface area (Å²) in [5.74, 6) is 1.09. The maximum Gasteiger partial charge on any atom is 0.146 e. The van der Waals surface area contributed by atoms with Gasteiger partial charge in [0.15, 0.2) is 0 Å². The van der Waals surface area contributed by atoms with Crippen molar-refractivity contribution in [3.8, 4) is 22.8 Å². The molecule has 0 aliphatic rings. The number of imidazole rings is 1. The van der Waals surface area contributed by atoms with Crippen LogP contribution in [0, 0.1) is 0 Å². The summed E-state index contributed by atoms with van der Waals surface area (Å²) in [5.41, 5.74) is 3.70. The van der Waals surface area contributed by atoms with Gasteiger partial charge in [0.25, 0.3) is 0 Å². The number of hydrogen-bond donors (Lipinski definition) is 1. The van der Waals surface area contributed by atoms with Crippen molar-refractivity contribution >= 4 is 22.4 Å². The minimum atomic E-state index is 0.247. The number of phenolic OH excluding ortho intramolecular Hbond substituents is 1. The molecule has 0 aliphatic carbocycles. The van der Waals surface area contributed by atoms with Crippen LogP contribution in [-0.4, -0.2) is 14.7 Å². The van der Waals surface area contributed by atoms with Crippen LogP contribution in [0.5, 0.6) is 5.75 Å². The van der Waals surface area contributed by atoms with Gasteiger partial charge in [-0.3, -0.25) is 4.57 Å². The molecular weight excluding hydrogens is 280 g/mol. The zero-order chi connectivity index (χ0) is 14.2. The van der Waals surface area contributed by atoms with Gasteiger partial charge >= 0.3 is 0 Å². The van der Waals surface area contributed by atoms with Crippen molar-refractivity contribution in [3.63, 3.8) is 0 Å². The molecule has 0 aliphatic heterocycles. The Balaban J connectivity index is 2.11. The first-order chi connectivity index (χ1) is 10.3. The number of fused-ring (bicyclic) bond motifs is 1. The first-order valence-electron chi connectivity index (χ1n) is 6.63. The van der Waals surface area contributed by atoms with Crippen LogP contribution >= 0.6 is 11.3 Å². The molecule has 0 fully saturated rings. The summed E-state index contributed by atoms with van der Waals surface area (Å²) in [4.78, 5) is 4.73. The van der Waals surface area contributed by atoms with Crippen LogP contribution in [0.4, 0.5) is 0 Å². The normalized spacial score (nSPS) is 11.0. The van der Waals surface area contributed by atoms with Crippen LogP contribution in [0.1, 0.15) is 0 Å². The molecule has 2 heterocycles. The summed E-state index contributed by atoms with van der Waals surface area (Å²) < 4.78 is 2.01. The Labute approximate surface area is 125 Å². The first-order valence-corrected chi connectivity index (χ1v) is 7.57. The summed E-state index contributed by atoms with van der Waals surface area (Å²) in [5, 5.41) is 14.3. The third kappa shape index (κ3) is 1.92. The van der Waals surface area contributed by atoms with Crippen molar-refractivity contribution in [1.29, 1.82) is 0 Å². The Morgan fingerprint density at radius 2 is 1.76 bits per heavy atom. The van der Waals surface area contributed by atoms with E-state index in [0.717, 1.165) is 28.1 Å². The van der Waals surface area contributed by atoms with Gasteiger partial charge in [-0.05, 0) is 35.7 Å². The topological polar surface area (TPSA) is 38.0 Å². The average Bonchev–Trinajstić information content (AvgIpc) is 3.15. The van der Waals surface area contributed by atoms with E-state index in [4.69, 9.17) is 4.98 Å². The molecule has 0 radical (unpaired) electrons. The predicted octanol–water partition coefficient (Wildman–Crippen LogP) is 4.46. The number of aromatic nitrogens is 2. The third-order valence-electron chi connectivity index (χ3n) is 3.46. The molecule has 0 atom stereocenters. The van der Waals surface area contributed by atoms with E-state index in [9.17, 15) is 5.11 Å². The Hall–Kier alpha value is -2.59. The zero-order valence-corrected chi connectivity index (χ0v) is 11.9. The largest absolute Gasteiger partial charge is 0.506 e. The van der Waals surface area contributed by atoms with Gasteiger partial charge in [0.05, 0.1) is 16.7 Å².